The van der Waals surface area contributed by atoms with Crippen LogP contribution in [0.15, 0.2) is 30.9 Å². The number of ether oxygens (including phenoxy) is 2. The zero-order valence-electron chi connectivity index (χ0n) is 16.4. The smallest absolute Gasteiger partial charge is 0.337 e. The van der Waals surface area contributed by atoms with Crippen molar-refractivity contribution in [2.24, 2.45) is 11.7 Å². The minimum Gasteiger partial charge on any atom is -0.465 e. The number of amides is 1. The summed E-state index contributed by atoms with van der Waals surface area (Å²) in [4.78, 5) is 24.3. The van der Waals surface area contributed by atoms with E-state index in [9.17, 15) is 9.59 Å². The van der Waals surface area contributed by atoms with Crippen LogP contribution in [0.25, 0.3) is 22.6 Å². The van der Waals surface area contributed by atoms with Gasteiger partial charge in [0, 0.05) is 52.8 Å². The van der Waals surface area contributed by atoms with E-state index < -0.39 is 11.9 Å². The second kappa shape index (κ2) is 9.41. The third-order valence-corrected chi connectivity index (χ3v) is 5.64. The highest BCUT2D eigenvalue weighted by Crippen LogP contribution is 2.35. The SMILES string of the molecule is C=Cc1c(/C(=C\CBr)C(N)=O)c2ccc(C(=O)OC)cc2n1CC1CCOCC1. The second-order valence-electron chi connectivity index (χ2n) is 6.99. The Balaban J connectivity index is 2.26. The number of allylic oxidation sites excluding steroid dienone is 1. The lowest BCUT2D eigenvalue weighted by Crippen LogP contribution is -2.21. The van der Waals surface area contributed by atoms with Crippen molar-refractivity contribution in [3.63, 3.8) is 0 Å². The van der Waals surface area contributed by atoms with Gasteiger partial charge in [-0.1, -0.05) is 34.7 Å². The topological polar surface area (TPSA) is 83.5 Å². The van der Waals surface area contributed by atoms with Gasteiger partial charge in [-0.15, -0.1) is 0 Å². The summed E-state index contributed by atoms with van der Waals surface area (Å²) in [5, 5.41) is 1.35. The Kier molecular flexibility index (Phi) is 6.92. The van der Waals surface area contributed by atoms with E-state index in [-0.39, 0.29) is 0 Å². The minimum atomic E-state index is -0.505. The van der Waals surface area contributed by atoms with Crippen LogP contribution in [0.5, 0.6) is 0 Å². The van der Waals surface area contributed by atoms with Gasteiger partial charge in [0.15, 0.2) is 0 Å². The third kappa shape index (κ3) is 4.31. The number of carbonyl (C=O) groups is 2. The maximum absolute atomic E-state index is 12.2. The summed E-state index contributed by atoms with van der Waals surface area (Å²) in [6.45, 7) is 6.21. The number of nitrogens with zero attached hydrogens (tertiary/aromatic N) is 1. The number of carbonyl (C=O) groups excluding carboxylic acids is 2. The molecule has 0 radical (unpaired) electrons. The molecule has 2 heterocycles. The van der Waals surface area contributed by atoms with E-state index in [1.165, 1.54) is 7.11 Å². The Hall–Kier alpha value is -2.38. The zero-order valence-corrected chi connectivity index (χ0v) is 18.0. The Labute approximate surface area is 178 Å². The van der Waals surface area contributed by atoms with Crippen molar-refractivity contribution in [2.75, 3.05) is 25.7 Å². The van der Waals surface area contributed by atoms with Crippen LogP contribution >= 0.6 is 15.9 Å². The lowest BCUT2D eigenvalue weighted by molar-refractivity contribution is -0.112. The van der Waals surface area contributed by atoms with Crippen LogP contribution in [0.3, 0.4) is 0 Å². The lowest BCUT2D eigenvalue weighted by atomic mass is 9.99. The molecule has 2 N–H and O–H groups in total. The molecule has 7 heteroatoms. The molecule has 0 bridgehead atoms. The van der Waals surface area contributed by atoms with Crippen molar-refractivity contribution >= 4 is 50.4 Å². The number of primary amides is 1. The fraction of sp³-hybridized carbons (Fsp3) is 0.364. The molecule has 1 amide bonds. The largest absolute Gasteiger partial charge is 0.465 e. The molecule has 1 fully saturated rings. The molecular weight excluding hydrogens is 436 g/mol. The summed E-state index contributed by atoms with van der Waals surface area (Å²) in [6.07, 6.45) is 5.43. The average Bonchev–Trinajstić information content (AvgIpc) is 3.04. The van der Waals surface area contributed by atoms with E-state index in [0.717, 1.165) is 54.8 Å². The van der Waals surface area contributed by atoms with Gasteiger partial charge >= 0.3 is 5.97 Å². The van der Waals surface area contributed by atoms with Crippen molar-refractivity contribution < 1.29 is 19.1 Å². The lowest BCUT2D eigenvalue weighted by Gasteiger charge is -2.24. The van der Waals surface area contributed by atoms with Gasteiger partial charge in [-0.2, -0.15) is 0 Å². The summed E-state index contributed by atoms with van der Waals surface area (Å²) < 4.78 is 12.5. The summed E-state index contributed by atoms with van der Waals surface area (Å²) in [7, 11) is 1.36. The van der Waals surface area contributed by atoms with Crippen LogP contribution in [-0.2, 0) is 20.8 Å². The number of hydrogen-bond acceptors (Lipinski definition) is 4. The van der Waals surface area contributed by atoms with Crippen LogP contribution in [0, 0.1) is 5.92 Å². The first-order valence-electron chi connectivity index (χ1n) is 9.52. The summed E-state index contributed by atoms with van der Waals surface area (Å²) in [5.41, 5.74) is 9.00. The first kappa shape index (κ1) is 21.3. The average molecular weight is 461 g/mol. The number of fused-ring (bicyclic) bond motifs is 1. The van der Waals surface area contributed by atoms with Crippen molar-refractivity contribution in [2.45, 2.75) is 19.4 Å². The molecule has 3 rings (SSSR count). The molecule has 1 aliphatic heterocycles. The van der Waals surface area contributed by atoms with Gasteiger partial charge in [0.05, 0.1) is 12.7 Å². The minimum absolute atomic E-state index is 0.404. The van der Waals surface area contributed by atoms with Crippen molar-refractivity contribution in [3.05, 3.63) is 47.7 Å². The summed E-state index contributed by atoms with van der Waals surface area (Å²) >= 11 is 3.36. The Morgan fingerprint density at radius 3 is 2.69 bits per heavy atom. The third-order valence-electron chi connectivity index (χ3n) is 5.32. The number of benzene rings is 1. The fourth-order valence-corrected chi connectivity index (χ4v) is 4.22. The van der Waals surface area contributed by atoms with E-state index in [2.05, 4.69) is 27.1 Å². The van der Waals surface area contributed by atoms with Crippen molar-refractivity contribution in [1.29, 1.82) is 0 Å². The number of methoxy groups -OCH3 is 1. The molecule has 0 spiro atoms. The number of hydrogen-bond donors (Lipinski definition) is 1. The molecule has 1 saturated heterocycles. The van der Waals surface area contributed by atoms with E-state index in [0.29, 0.717) is 22.4 Å². The summed E-state index contributed by atoms with van der Waals surface area (Å²) in [6, 6.07) is 5.36. The maximum atomic E-state index is 12.2. The molecule has 0 aliphatic carbocycles. The molecule has 154 valence electrons. The predicted molar refractivity (Wildman–Crippen MR) is 118 cm³/mol. The molecule has 6 nitrogen and oxygen atoms in total. The van der Waals surface area contributed by atoms with E-state index >= 15 is 0 Å². The normalized spacial score (nSPS) is 15.4. The van der Waals surface area contributed by atoms with Gasteiger partial charge < -0.3 is 19.8 Å². The van der Waals surface area contributed by atoms with Gasteiger partial charge in [0.25, 0.3) is 0 Å². The number of nitrogens with two attached hydrogens (primary N) is 1. The highest BCUT2D eigenvalue weighted by atomic mass is 79.9. The van der Waals surface area contributed by atoms with Gasteiger partial charge in [-0.25, -0.2) is 4.79 Å². The van der Waals surface area contributed by atoms with Gasteiger partial charge in [0.1, 0.15) is 0 Å². The Morgan fingerprint density at radius 2 is 2.10 bits per heavy atom. The first-order chi connectivity index (χ1) is 14.0. The van der Waals surface area contributed by atoms with Crippen molar-refractivity contribution in [3.8, 4) is 0 Å². The highest BCUT2D eigenvalue weighted by Gasteiger charge is 2.24. The van der Waals surface area contributed by atoms with Gasteiger partial charge in [-0.05, 0) is 37.0 Å². The van der Waals surface area contributed by atoms with Crippen LogP contribution in [0.1, 0.15) is 34.5 Å². The molecule has 1 aliphatic rings. The number of esters is 1. The molecule has 0 saturated carbocycles. The molecule has 0 unspecified atom stereocenters. The maximum Gasteiger partial charge on any atom is 0.337 e. The van der Waals surface area contributed by atoms with E-state index in [1.807, 2.05) is 12.1 Å². The molecule has 0 atom stereocenters. The monoisotopic (exact) mass is 460 g/mol. The first-order valence-corrected chi connectivity index (χ1v) is 10.6. The number of aromatic nitrogens is 1. The second-order valence-corrected chi connectivity index (χ2v) is 7.64. The Bertz CT molecular complexity index is 971. The van der Waals surface area contributed by atoms with Gasteiger partial charge in [-0.3, -0.25) is 4.79 Å². The van der Waals surface area contributed by atoms with Crippen LogP contribution in [0.4, 0.5) is 0 Å². The fourth-order valence-electron chi connectivity index (χ4n) is 3.90. The molecule has 1 aromatic heterocycles. The number of halogens is 1. The molecule has 2 aromatic rings. The number of alkyl halides is 1. The van der Waals surface area contributed by atoms with Crippen LogP contribution < -0.4 is 5.73 Å². The number of rotatable bonds is 7. The Morgan fingerprint density at radius 1 is 1.38 bits per heavy atom. The van der Waals surface area contributed by atoms with E-state index in [1.54, 1.807) is 18.2 Å². The standard InChI is InChI=1S/C22H25BrN2O4/c1-3-18-20(17(6-9-23)21(24)26)16-5-4-15(22(27)28-2)12-19(16)25(18)13-14-7-10-29-11-8-14/h3-6,12,14H,1,7-11,13H2,2H3,(H2,24,26)/b17-6+. The predicted octanol–water partition coefficient (Wildman–Crippen LogP) is 3.76. The molecular formula is C22H25BrN2O4. The molecule has 1 aromatic carbocycles. The zero-order chi connectivity index (χ0) is 21.0. The quantitative estimate of drug-likeness (QED) is 0.387. The van der Waals surface area contributed by atoms with E-state index in [4.69, 9.17) is 15.2 Å². The molecule has 29 heavy (non-hydrogen) atoms. The highest BCUT2D eigenvalue weighted by molar-refractivity contribution is 9.09. The van der Waals surface area contributed by atoms with Gasteiger partial charge in [0.2, 0.25) is 5.91 Å². The van der Waals surface area contributed by atoms with Crippen molar-refractivity contribution in [1.82, 2.24) is 4.57 Å². The van der Waals surface area contributed by atoms with Crippen LogP contribution in [0.2, 0.25) is 0 Å². The summed E-state index contributed by atoms with van der Waals surface area (Å²) in [5.74, 6) is -0.474. The van der Waals surface area contributed by atoms with Crippen LogP contribution in [-0.4, -0.2) is 42.1 Å².